The SMILES string of the molecule is O=C(O)CN1CCN(CC(=O)O)CN(CC(=O)O)CN(CC(=O)O)CC1. The number of aliphatic carboxylic acids is 4. The highest BCUT2D eigenvalue weighted by Gasteiger charge is 2.23. The zero-order valence-electron chi connectivity index (χ0n) is 14.3. The molecule has 0 bridgehead atoms. The van der Waals surface area contributed by atoms with Gasteiger partial charge in [-0.2, -0.15) is 0 Å². The number of carbonyl (C=O) groups is 4. The standard InChI is InChI=1S/C14H24N4O8/c19-11(20)5-15-1-3-16(6-12(21)22)9-18(8-14(25)26)10-17(4-2-15)7-13(23)24/h1-10H2,(H,19,20)(H,21,22)(H,23,24)(H,25,26). The van der Waals surface area contributed by atoms with E-state index in [1.807, 2.05) is 0 Å². The molecule has 0 aromatic carbocycles. The van der Waals surface area contributed by atoms with E-state index in [9.17, 15) is 19.2 Å². The van der Waals surface area contributed by atoms with Crippen molar-refractivity contribution in [2.75, 3.05) is 65.7 Å². The Bertz CT molecular complexity index is 499. The molecular weight excluding hydrogens is 352 g/mol. The smallest absolute Gasteiger partial charge is 0.317 e. The number of hydrogen-bond acceptors (Lipinski definition) is 8. The van der Waals surface area contributed by atoms with Crippen molar-refractivity contribution in [1.82, 2.24) is 19.6 Å². The lowest BCUT2D eigenvalue weighted by Crippen LogP contribution is -2.53. The van der Waals surface area contributed by atoms with Crippen LogP contribution in [0.25, 0.3) is 0 Å². The van der Waals surface area contributed by atoms with Crippen LogP contribution in [0.4, 0.5) is 0 Å². The lowest BCUT2D eigenvalue weighted by molar-refractivity contribution is -0.143. The van der Waals surface area contributed by atoms with Crippen LogP contribution in [0.5, 0.6) is 0 Å². The highest BCUT2D eigenvalue weighted by molar-refractivity contribution is 5.70. The van der Waals surface area contributed by atoms with Gasteiger partial charge in [0.2, 0.25) is 0 Å². The van der Waals surface area contributed by atoms with Gasteiger partial charge < -0.3 is 20.4 Å². The van der Waals surface area contributed by atoms with Crippen LogP contribution in [0.15, 0.2) is 0 Å². The highest BCUT2D eigenvalue weighted by atomic mass is 16.4. The van der Waals surface area contributed by atoms with Crippen molar-refractivity contribution in [3.63, 3.8) is 0 Å². The second-order valence-corrected chi connectivity index (χ2v) is 6.07. The molecule has 0 aromatic rings. The maximum absolute atomic E-state index is 11.1. The molecule has 1 saturated heterocycles. The Labute approximate surface area is 149 Å². The Morgan fingerprint density at radius 2 is 0.769 bits per heavy atom. The lowest BCUT2D eigenvalue weighted by atomic mass is 10.3. The summed E-state index contributed by atoms with van der Waals surface area (Å²) in [6.07, 6.45) is 0. The van der Waals surface area contributed by atoms with Crippen molar-refractivity contribution in [3.05, 3.63) is 0 Å². The van der Waals surface area contributed by atoms with Gasteiger partial charge in [-0.15, -0.1) is 0 Å². The maximum atomic E-state index is 11.1. The molecule has 1 aliphatic rings. The maximum Gasteiger partial charge on any atom is 0.317 e. The molecule has 0 atom stereocenters. The fourth-order valence-corrected chi connectivity index (χ4v) is 2.71. The zero-order chi connectivity index (χ0) is 19.7. The number of carboxylic acid groups (broad SMARTS) is 4. The largest absolute Gasteiger partial charge is 0.480 e. The quantitative estimate of drug-likeness (QED) is 0.352. The van der Waals surface area contributed by atoms with E-state index in [0.29, 0.717) is 0 Å². The zero-order valence-corrected chi connectivity index (χ0v) is 14.3. The first kappa shape index (κ1) is 21.8. The van der Waals surface area contributed by atoms with Crippen LogP contribution in [0.3, 0.4) is 0 Å². The van der Waals surface area contributed by atoms with Gasteiger partial charge in [-0.25, -0.2) is 0 Å². The summed E-state index contributed by atoms with van der Waals surface area (Å²) in [4.78, 5) is 50.2. The number of rotatable bonds is 8. The molecule has 1 aliphatic heterocycles. The van der Waals surface area contributed by atoms with Gasteiger partial charge in [0.15, 0.2) is 0 Å². The summed E-state index contributed by atoms with van der Waals surface area (Å²) in [7, 11) is 0. The summed E-state index contributed by atoms with van der Waals surface area (Å²) in [5.41, 5.74) is 0. The Kier molecular flexibility index (Phi) is 8.92. The monoisotopic (exact) mass is 376 g/mol. The van der Waals surface area contributed by atoms with Crippen LogP contribution >= 0.6 is 0 Å². The van der Waals surface area contributed by atoms with Crippen LogP contribution in [-0.2, 0) is 19.2 Å². The van der Waals surface area contributed by atoms with E-state index in [1.54, 1.807) is 4.90 Å². The first-order valence-corrected chi connectivity index (χ1v) is 7.92. The van der Waals surface area contributed by atoms with Gasteiger partial charge in [-0.3, -0.25) is 38.8 Å². The molecule has 4 N–H and O–H groups in total. The minimum absolute atomic E-state index is 0.00955. The summed E-state index contributed by atoms with van der Waals surface area (Å²) in [5, 5.41) is 36.1. The van der Waals surface area contributed by atoms with Crippen LogP contribution < -0.4 is 0 Å². The van der Waals surface area contributed by atoms with Crippen LogP contribution in [0, 0.1) is 0 Å². The van der Waals surface area contributed by atoms with E-state index in [2.05, 4.69) is 0 Å². The van der Waals surface area contributed by atoms with Crippen LogP contribution in [0.2, 0.25) is 0 Å². The van der Waals surface area contributed by atoms with Crippen molar-refractivity contribution in [2.24, 2.45) is 0 Å². The van der Waals surface area contributed by atoms with E-state index < -0.39 is 23.9 Å². The van der Waals surface area contributed by atoms with Crippen molar-refractivity contribution < 1.29 is 39.6 Å². The number of nitrogens with zero attached hydrogens (tertiary/aromatic N) is 4. The molecule has 0 saturated carbocycles. The highest BCUT2D eigenvalue weighted by Crippen LogP contribution is 2.04. The third kappa shape index (κ3) is 9.27. The summed E-state index contributed by atoms with van der Waals surface area (Å²) in [6, 6.07) is 0. The first-order chi connectivity index (χ1) is 12.2. The Balaban J connectivity index is 2.95. The van der Waals surface area contributed by atoms with E-state index in [-0.39, 0.29) is 65.7 Å². The predicted molar refractivity (Wildman–Crippen MR) is 86.6 cm³/mol. The third-order valence-corrected chi connectivity index (χ3v) is 3.70. The molecule has 0 radical (unpaired) electrons. The molecule has 1 rings (SSSR count). The van der Waals surface area contributed by atoms with Crippen molar-refractivity contribution in [3.8, 4) is 0 Å². The number of carboxylic acids is 4. The third-order valence-electron chi connectivity index (χ3n) is 3.70. The fraction of sp³-hybridized carbons (Fsp3) is 0.714. The summed E-state index contributed by atoms with van der Waals surface area (Å²) < 4.78 is 0. The Morgan fingerprint density at radius 1 is 0.500 bits per heavy atom. The van der Waals surface area contributed by atoms with Gasteiger partial charge >= 0.3 is 23.9 Å². The Morgan fingerprint density at radius 3 is 1.12 bits per heavy atom. The average molecular weight is 376 g/mol. The topological polar surface area (TPSA) is 162 Å². The van der Waals surface area contributed by atoms with E-state index >= 15 is 0 Å². The minimum Gasteiger partial charge on any atom is -0.480 e. The molecule has 12 nitrogen and oxygen atoms in total. The molecular formula is C14H24N4O8. The minimum atomic E-state index is -1.11. The van der Waals surface area contributed by atoms with Gasteiger partial charge in [0, 0.05) is 26.2 Å². The van der Waals surface area contributed by atoms with Crippen molar-refractivity contribution in [2.45, 2.75) is 0 Å². The van der Waals surface area contributed by atoms with Crippen molar-refractivity contribution >= 4 is 23.9 Å². The van der Waals surface area contributed by atoms with Gasteiger partial charge in [-0.1, -0.05) is 0 Å². The summed E-state index contributed by atoms with van der Waals surface area (Å²) >= 11 is 0. The van der Waals surface area contributed by atoms with Crippen molar-refractivity contribution in [1.29, 1.82) is 0 Å². The molecule has 0 aromatic heterocycles. The molecule has 1 fully saturated rings. The summed E-state index contributed by atoms with van der Waals surface area (Å²) in [6.45, 7) is -0.255. The van der Waals surface area contributed by atoms with Gasteiger partial charge in [0.25, 0.3) is 0 Å². The molecule has 0 spiro atoms. The molecule has 26 heavy (non-hydrogen) atoms. The van der Waals surface area contributed by atoms with E-state index in [4.69, 9.17) is 20.4 Å². The molecule has 0 aliphatic carbocycles. The van der Waals surface area contributed by atoms with Crippen LogP contribution in [-0.4, -0.2) is 130 Å². The second kappa shape index (κ2) is 10.7. The van der Waals surface area contributed by atoms with Gasteiger partial charge in [0.1, 0.15) is 0 Å². The first-order valence-electron chi connectivity index (χ1n) is 7.92. The summed E-state index contributed by atoms with van der Waals surface area (Å²) in [5.74, 6) is -4.33. The molecule has 0 unspecified atom stereocenters. The molecule has 0 amide bonds. The average Bonchev–Trinajstić information content (AvgIpc) is 2.46. The fourth-order valence-electron chi connectivity index (χ4n) is 2.71. The molecule has 148 valence electrons. The van der Waals surface area contributed by atoms with Gasteiger partial charge in [-0.05, 0) is 0 Å². The normalized spacial score (nSPS) is 19.1. The second-order valence-electron chi connectivity index (χ2n) is 6.07. The van der Waals surface area contributed by atoms with Crippen LogP contribution in [0.1, 0.15) is 0 Å². The molecule has 12 heteroatoms. The van der Waals surface area contributed by atoms with E-state index in [1.165, 1.54) is 14.7 Å². The Hall–Kier alpha value is -2.28. The van der Waals surface area contributed by atoms with E-state index in [0.717, 1.165) is 0 Å². The molecule has 1 heterocycles. The van der Waals surface area contributed by atoms with Gasteiger partial charge in [0.05, 0.1) is 39.5 Å². The number of hydrogen-bond donors (Lipinski definition) is 4. The predicted octanol–water partition coefficient (Wildman–Crippen LogP) is -2.54. The lowest BCUT2D eigenvalue weighted by Gasteiger charge is -2.36.